The molecule has 0 saturated heterocycles. The zero-order valence-corrected chi connectivity index (χ0v) is 39.4. The fourth-order valence-electron chi connectivity index (χ4n) is 10.1. The summed E-state index contributed by atoms with van der Waals surface area (Å²) in [6.45, 7) is 21.0. The summed E-state index contributed by atoms with van der Waals surface area (Å²) < 4.78 is 2.67. The largest absolute Gasteiger partial charge is 0.311 e. The molecule has 0 fully saturated rings. The summed E-state index contributed by atoms with van der Waals surface area (Å²) in [5.74, 6) is 0. The van der Waals surface area contributed by atoms with Gasteiger partial charge in [0.05, 0.1) is 0 Å². The van der Waals surface area contributed by atoms with Gasteiger partial charge in [0.1, 0.15) is 0 Å². The number of fused-ring (bicyclic) bond motifs is 7. The lowest BCUT2D eigenvalue weighted by atomic mass is 9.33. The average Bonchev–Trinajstić information content (AvgIpc) is 3.67. The Balaban J connectivity index is 1.18. The van der Waals surface area contributed by atoms with Gasteiger partial charge in [-0.15, -0.1) is 11.3 Å². The zero-order chi connectivity index (χ0) is 44.3. The van der Waals surface area contributed by atoms with Crippen LogP contribution in [0.2, 0.25) is 0 Å². The minimum Gasteiger partial charge on any atom is -0.311 e. The van der Waals surface area contributed by atoms with E-state index in [-0.39, 0.29) is 23.0 Å². The van der Waals surface area contributed by atoms with Crippen LogP contribution in [0.3, 0.4) is 0 Å². The molecule has 0 bridgehead atoms. The van der Waals surface area contributed by atoms with Crippen LogP contribution in [0.25, 0.3) is 42.4 Å². The molecule has 2 aliphatic rings. The predicted molar refractivity (Wildman–Crippen MR) is 280 cm³/mol. The van der Waals surface area contributed by atoms with Crippen LogP contribution in [-0.4, -0.2) is 6.71 Å². The minimum atomic E-state index is -0.105. The molecule has 0 spiro atoms. The Kier molecular flexibility index (Phi) is 9.21. The van der Waals surface area contributed by atoms with Gasteiger partial charge in [0, 0.05) is 54.3 Å². The van der Waals surface area contributed by atoms with Crippen LogP contribution >= 0.6 is 11.3 Å². The molecule has 3 heterocycles. The topological polar surface area (TPSA) is 6.48 Å². The highest BCUT2D eigenvalue weighted by Gasteiger charge is 2.44. The van der Waals surface area contributed by atoms with E-state index in [1.807, 2.05) is 11.3 Å². The first-order valence-corrected chi connectivity index (χ1v) is 23.7. The summed E-state index contributed by atoms with van der Waals surface area (Å²) >= 11 is 1.89. The van der Waals surface area contributed by atoms with Crippen molar-refractivity contribution in [3.8, 4) is 22.3 Å². The number of thiophene rings is 1. The Morgan fingerprint density at radius 2 is 0.953 bits per heavy atom. The van der Waals surface area contributed by atoms with Crippen molar-refractivity contribution < 1.29 is 0 Å². The molecule has 0 amide bonds. The lowest BCUT2D eigenvalue weighted by molar-refractivity contribution is 0.589. The third-order valence-corrected chi connectivity index (χ3v) is 15.0. The van der Waals surface area contributed by atoms with Crippen LogP contribution in [0.5, 0.6) is 0 Å². The first-order chi connectivity index (χ1) is 30.6. The molecular formula is C60H55BN2S. The Hall–Kier alpha value is -6.36. The van der Waals surface area contributed by atoms with Gasteiger partial charge in [0.25, 0.3) is 6.71 Å². The molecule has 9 aromatic rings. The molecule has 0 N–H and O–H groups in total. The second-order valence-electron chi connectivity index (χ2n) is 21.1. The fourth-order valence-corrected chi connectivity index (χ4v) is 11.4. The van der Waals surface area contributed by atoms with Crippen molar-refractivity contribution in [3.05, 3.63) is 187 Å². The van der Waals surface area contributed by atoms with E-state index in [0.717, 1.165) is 5.69 Å². The van der Waals surface area contributed by atoms with Gasteiger partial charge in [0.15, 0.2) is 0 Å². The molecule has 314 valence electrons. The van der Waals surface area contributed by atoms with E-state index in [1.165, 1.54) is 104 Å². The number of hydrogen-bond donors (Lipinski definition) is 0. The van der Waals surface area contributed by atoms with Gasteiger partial charge in [-0.05, 0) is 126 Å². The molecule has 0 atom stereocenters. The predicted octanol–water partition coefficient (Wildman–Crippen LogP) is 15.4. The summed E-state index contributed by atoms with van der Waals surface area (Å²) in [6.07, 6.45) is 0. The van der Waals surface area contributed by atoms with Gasteiger partial charge in [-0.1, -0.05) is 178 Å². The standard InChI is InChI=1S/C60H55BN2S/c1-58(2,3)41-25-30-45(31-26-41)62-51-33-24-40(38-16-11-10-12-17-38)34-50(51)61-49-32-27-42(59(4,5)6)35-52(49)63(54-37-43(60(7,8)9)36-53(62)56(54)61)44-28-22-39(23-29-44)46-19-15-20-48-47-18-13-14-21-55(47)64-57(46)48/h10-37H,1-9H3. The molecule has 4 heteroatoms. The van der Waals surface area contributed by atoms with E-state index in [1.54, 1.807) is 0 Å². The molecule has 0 radical (unpaired) electrons. The maximum absolute atomic E-state index is 2.59. The summed E-state index contributed by atoms with van der Waals surface area (Å²) in [5, 5.41) is 2.65. The van der Waals surface area contributed by atoms with Crippen molar-refractivity contribution in [1.82, 2.24) is 0 Å². The number of hydrogen-bond acceptors (Lipinski definition) is 3. The van der Waals surface area contributed by atoms with Crippen molar-refractivity contribution in [2.24, 2.45) is 0 Å². The molecule has 64 heavy (non-hydrogen) atoms. The summed E-state index contributed by atoms with van der Waals surface area (Å²) in [5.41, 5.74) is 20.2. The SMILES string of the molecule is CC(C)(C)c1ccc(N2c3ccc(-c4ccccc4)cc3B3c4ccc(C(C)(C)C)cc4N(c4ccc(-c5cccc6c5sc5ccccc56)cc4)c4cc(C(C)(C)C)cc2c43)cc1. The molecule has 0 saturated carbocycles. The van der Waals surface area contributed by atoms with E-state index in [9.17, 15) is 0 Å². The van der Waals surface area contributed by atoms with Crippen molar-refractivity contribution in [2.45, 2.75) is 78.6 Å². The Morgan fingerprint density at radius 3 is 1.62 bits per heavy atom. The van der Waals surface area contributed by atoms with Crippen LogP contribution in [-0.2, 0) is 16.2 Å². The molecule has 2 aliphatic heterocycles. The van der Waals surface area contributed by atoms with Gasteiger partial charge in [0.2, 0.25) is 0 Å². The Labute approximate surface area is 383 Å². The van der Waals surface area contributed by atoms with Gasteiger partial charge < -0.3 is 9.80 Å². The van der Waals surface area contributed by atoms with E-state index in [4.69, 9.17) is 0 Å². The molecule has 0 unspecified atom stereocenters. The molecule has 11 rings (SSSR count). The highest BCUT2D eigenvalue weighted by atomic mass is 32.1. The molecular weight excluding hydrogens is 792 g/mol. The number of benzene rings is 8. The molecule has 2 nitrogen and oxygen atoms in total. The highest BCUT2D eigenvalue weighted by Crippen LogP contribution is 2.48. The second-order valence-corrected chi connectivity index (χ2v) is 22.1. The Bertz CT molecular complexity index is 3270. The smallest absolute Gasteiger partial charge is 0.252 e. The maximum atomic E-state index is 2.59. The van der Waals surface area contributed by atoms with Gasteiger partial charge in [-0.3, -0.25) is 0 Å². The first kappa shape index (κ1) is 40.4. The van der Waals surface area contributed by atoms with Crippen molar-refractivity contribution in [2.75, 3.05) is 9.80 Å². The summed E-state index contributed by atoms with van der Waals surface area (Å²) in [7, 11) is 0. The quantitative estimate of drug-likeness (QED) is 0.163. The van der Waals surface area contributed by atoms with E-state index in [2.05, 4.69) is 242 Å². The molecule has 1 aromatic heterocycles. The van der Waals surface area contributed by atoms with Gasteiger partial charge in [-0.2, -0.15) is 0 Å². The second kappa shape index (κ2) is 14.6. The van der Waals surface area contributed by atoms with Crippen molar-refractivity contribution in [1.29, 1.82) is 0 Å². The number of nitrogens with zero attached hydrogens (tertiary/aromatic N) is 2. The summed E-state index contributed by atoms with van der Waals surface area (Å²) in [4.78, 5) is 5.15. The van der Waals surface area contributed by atoms with E-state index < -0.39 is 0 Å². The fraction of sp³-hybridized carbons (Fsp3) is 0.200. The number of rotatable bonds is 4. The first-order valence-electron chi connectivity index (χ1n) is 22.9. The third-order valence-electron chi connectivity index (χ3n) is 13.7. The zero-order valence-electron chi connectivity index (χ0n) is 38.5. The Morgan fingerprint density at radius 1 is 0.391 bits per heavy atom. The summed E-state index contributed by atoms with van der Waals surface area (Å²) in [6, 6.07) is 64.7. The van der Waals surface area contributed by atoms with Gasteiger partial charge >= 0.3 is 0 Å². The minimum absolute atomic E-state index is 0.0212. The lowest BCUT2D eigenvalue weighted by Gasteiger charge is -2.45. The lowest BCUT2D eigenvalue weighted by Crippen LogP contribution is -2.61. The molecule has 8 aromatic carbocycles. The highest BCUT2D eigenvalue weighted by molar-refractivity contribution is 7.26. The van der Waals surface area contributed by atoms with E-state index >= 15 is 0 Å². The van der Waals surface area contributed by atoms with Crippen LogP contribution in [0.15, 0.2) is 170 Å². The van der Waals surface area contributed by atoms with Crippen LogP contribution in [0, 0.1) is 0 Å². The third kappa shape index (κ3) is 6.60. The van der Waals surface area contributed by atoms with Gasteiger partial charge in [-0.25, -0.2) is 0 Å². The van der Waals surface area contributed by atoms with Crippen molar-refractivity contribution >= 4 is 88.7 Å². The maximum Gasteiger partial charge on any atom is 0.252 e. The van der Waals surface area contributed by atoms with Crippen LogP contribution in [0.1, 0.15) is 79.0 Å². The van der Waals surface area contributed by atoms with Crippen molar-refractivity contribution in [3.63, 3.8) is 0 Å². The van der Waals surface area contributed by atoms with Crippen LogP contribution in [0.4, 0.5) is 34.1 Å². The normalized spacial score (nSPS) is 13.6. The van der Waals surface area contributed by atoms with Crippen LogP contribution < -0.4 is 26.2 Å². The average molecular weight is 847 g/mol. The van der Waals surface area contributed by atoms with E-state index in [0.29, 0.717) is 0 Å². The number of anilines is 6. The monoisotopic (exact) mass is 846 g/mol. The molecule has 0 aliphatic carbocycles.